The van der Waals surface area contributed by atoms with Crippen molar-refractivity contribution in [1.82, 2.24) is 10.2 Å². The standard InChI is InChI=1S/C12H13BrN2O5S/c13-9-2-1-8(11(16)17)7-10(9)21(19,20)6-5-15-4-3-14-12(15)18/h1-2,7H,3-6H2,(H,14,18)(H,16,17). The molecule has 1 heterocycles. The first-order chi connectivity index (χ1) is 9.81. The Balaban J connectivity index is 2.20. The summed E-state index contributed by atoms with van der Waals surface area (Å²) in [5.41, 5.74) is -0.101. The Morgan fingerprint density at radius 1 is 1.43 bits per heavy atom. The van der Waals surface area contributed by atoms with Crippen molar-refractivity contribution >= 4 is 37.8 Å². The van der Waals surface area contributed by atoms with Crippen LogP contribution in [0.1, 0.15) is 10.4 Å². The number of carbonyl (C=O) groups is 2. The number of carboxylic acids is 1. The third-order valence-electron chi connectivity index (χ3n) is 3.09. The molecule has 9 heteroatoms. The van der Waals surface area contributed by atoms with E-state index in [9.17, 15) is 18.0 Å². The summed E-state index contributed by atoms with van der Waals surface area (Å²) in [6.45, 7) is 1.03. The van der Waals surface area contributed by atoms with E-state index in [1.807, 2.05) is 0 Å². The Hall–Kier alpha value is -1.61. The molecule has 0 unspecified atom stereocenters. The van der Waals surface area contributed by atoms with E-state index in [1.54, 1.807) is 0 Å². The van der Waals surface area contributed by atoms with Gasteiger partial charge >= 0.3 is 12.0 Å². The molecule has 1 fully saturated rings. The van der Waals surface area contributed by atoms with Gasteiger partial charge in [0.05, 0.1) is 16.2 Å². The van der Waals surface area contributed by atoms with Crippen LogP contribution in [-0.2, 0) is 9.84 Å². The number of carbonyl (C=O) groups excluding carboxylic acids is 1. The molecular weight excluding hydrogens is 364 g/mol. The number of benzene rings is 1. The molecule has 0 saturated carbocycles. The van der Waals surface area contributed by atoms with Gasteiger partial charge in [0.1, 0.15) is 0 Å². The smallest absolute Gasteiger partial charge is 0.335 e. The van der Waals surface area contributed by atoms with E-state index >= 15 is 0 Å². The number of hydrogen-bond acceptors (Lipinski definition) is 4. The van der Waals surface area contributed by atoms with Crippen molar-refractivity contribution in [2.24, 2.45) is 0 Å². The first kappa shape index (κ1) is 15.8. The molecule has 1 aromatic carbocycles. The van der Waals surface area contributed by atoms with E-state index in [4.69, 9.17) is 5.11 Å². The van der Waals surface area contributed by atoms with Crippen molar-refractivity contribution in [3.8, 4) is 0 Å². The number of hydrogen-bond donors (Lipinski definition) is 2. The number of rotatable bonds is 5. The van der Waals surface area contributed by atoms with Crippen LogP contribution in [0.4, 0.5) is 4.79 Å². The maximum Gasteiger partial charge on any atom is 0.335 e. The second kappa shape index (κ2) is 6.02. The van der Waals surface area contributed by atoms with Crippen LogP contribution in [0.2, 0.25) is 0 Å². The Bertz CT molecular complexity index is 689. The lowest BCUT2D eigenvalue weighted by atomic mass is 10.2. The van der Waals surface area contributed by atoms with Gasteiger partial charge in [-0.1, -0.05) is 0 Å². The molecular formula is C12H13BrN2O5S. The fourth-order valence-electron chi connectivity index (χ4n) is 1.94. The van der Waals surface area contributed by atoms with Crippen LogP contribution in [-0.4, -0.2) is 55.8 Å². The summed E-state index contributed by atoms with van der Waals surface area (Å²) in [5.74, 6) is -1.46. The zero-order chi connectivity index (χ0) is 15.6. The van der Waals surface area contributed by atoms with Gasteiger partial charge in [-0.15, -0.1) is 0 Å². The van der Waals surface area contributed by atoms with Crippen LogP contribution in [0.5, 0.6) is 0 Å². The predicted molar refractivity (Wildman–Crippen MR) is 78.1 cm³/mol. The third-order valence-corrected chi connectivity index (χ3v) is 5.77. The molecule has 0 radical (unpaired) electrons. The molecule has 0 bridgehead atoms. The lowest BCUT2D eigenvalue weighted by molar-refractivity contribution is 0.0696. The average Bonchev–Trinajstić information content (AvgIpc) is 2.82. The largest absolute Gasteiger partial charge is 0.478 e. The molecule has 21 heavy (non-hydrogen) atoms. The number of sulfone groups is 1. The fourth-order valence-corrected chi connectivity index (χ4v) is 4.28. The third kappa shape index (κ3) is 3.53. The Kier molecular flexibility index (Phi) is 4.52. The highest BCUT2D eigenvalue weighted by Gasteiger charge is 2.24. The second-order valence-electron chi connectivity index (χ2n) is 4.49. The van der Waals surface area contributed by atoms with Gasteiger partial charge < -0.3 is 15.3 Å². The molecule has 0 aromatic heterocycles. The number of aromatic carboxylic acids is 1. The van der Waals surface area contributed by atoms with Crippen molar-refractivity contribution in [3.63, 3.8) is 0 Å². The highest BCUT2D eigenvalue weighted by Crippen LogP contribution is 2.24. The van der Waals surface area contributed by atoms with Gasteiger partial charge in [0.25, 0.3) is 0 Å². The molecule has 1 aliphatic rings. The molecule has 7 nitrogen and oxygen atoms in total. The molecule has 2 amide bonds. The van der Waals surface area contributed by atoms with Crippen LogP contribution in [0, 0.1) is 0 Å². The highest BCUT2D eigenvalue weighted by atomic mass is 79.9. The number of nitrogens with one attached hydrogen (secondary N) is 1. The van der Waals surface area contributed by atoms with E-state index < -0.39 is 15.8 Å². The van der Waals surface area contributed by atoms with Gasteiger partial charge in [-0.05, 0) is 34.1 Å². The van der Waals surface area contributed by atoms with Gasteiger partial charge in [-0.25, -0.2) is 18.0 Å². The maximum absolute atomic E-state index is 12.3. The van der Waals surface area contributed by atoms with Gasteiger partial charge in [-0.2, -0.15) is 0 Å². The molecule has 2 rings (SSSR count). The SMILES string of the molecule is O=C(O)c1ccc(Br)c(S(=O)(=O)CCN2CCNC2=O)c1. The quantitative estimate of drug-likeness (QED) is 0.795. The van der Waals surface area contributed by atoms with Gasteiger partial charge in [0, 0.05) is 24.1 Å². The average molecular weight is 377 g/mol. The summed E-state index contributed by atoms with van der Waals surface area (Å²) >= 11 is 3.12. The van der Waals surface area contributed by atoms with Gasteiger partial charge in [0.15, 0.2) is 9.84 Å². The molecule has 1 aromatic rings. The molecule has 0 atom stereocenters. The number of halogens is 1. The summed E-state index contributed by atoms with van der Waals surface area (Å²) in [5, 5.41) is 11.5. The lowest BCUT2D eigenvalue weighted by Gasteiger charge is -2.14. The summed E-state index contributed by atoms with van der Waals surface area (Å²) in [4.78, 5) is 23.6. The predicted octanol–water partition coefficient (Wildman–Crippen LogP) is 0.946. The molecule has 1 saturated heterocycles. The van der Waals surface area contributed by atoms with Crippen LogP contribution in [0.15, 0.2) is 27.6 Å². The Morgan fingerprint density at radius 2 is 2.14 bits per heavy atom. The second-order valence-corrected chi connectivity index (χ2v) is 7.42. The van der Waals surface area contributed by atoms with Crippen LogP contribution in [0.3, 0.4) is 0 Å². The van der Waals surface area contributed by atoms with Crippen LogP contribution < -0.4 is 5.32 Å². The Morgan fingerprint density at radius 3 is 2.71 bits per heavy atom. The summed E-state index contributed by atoms with van der Waals surface area (Å²) in [6.07, 6.45) is 0. The zero-order valence-corrected chi connectivity index (χ0v) is 13.3. The first-order valence-corrected chi connectivity index (χ1v) is 8.54. The fraction of sp³-hybridized carbons (Fsp3) is 0.333. The van der Waals surface area contributed by atoms with Gasteiger partial charge in [0.2, 0.25) is 0 Å². The number of urea groups is 1. The molecule has 114 valence electrons. The topological polar surface area (TPSA) is 104 Å². The van der Waals surface area contributed by atoms with E-state index in [2.05, 4.69) is 21.2 Å². The molecule has 2 N–H and O–H groups in total. The minimum absolute atomic E-state index is 0.0674. The van der Waals surface area contributed by atoms with Crippen LogP contribution >= 0.6 is 15.9 Å². The summed E-state index contributed by atoms with van der Waals surface area (Å²) in [7, 11) is -3.69. The highest BCUT2D eigenvalue weighted by molar-refractivity contribution is 9.10. The first-order valence-electron chi connectivity index (χ1n) is 6.09. The van der Waals surface area contributed by atoms with E-state index in [1.165, 1.54) is 17.0 Å². The summed E-state index contributed by atoms with van der Waals surface area (Å²) < 4.78 is 24.9. The monoisotopic (exact) mass is 376 g/mol. The molecule has 1 aliphatic heterocycles. The summed E-state index contributed by atoms with van der Waals surface area (Å²) in [6, 6.07) is 3.54. The normalized spacial score (nSPS) is 15.1. The molecule has 0 aliphatic carbocycles. The van der Waals surface area contributed by atoms with Crippen molar-refractivity contribution in [3.05, 3.63) is 28.2 Å². The number of nitrogens with zero attached hydrogens (tertiary/aromatic N) is 1. The lowest BCUT2D eigenvalue weighted by Crippen LogP contribution is -2.32. The van der Waals surface area contributed by atoms with Gasteiger partial charge in [-0.3, -0.25) is 0 Å². The van der Waals surface area contributed by atoms with E-state index in [0.29, 0.717) is 17.6 Å². The minimum Gasteiger partial charge on any atom is -0.478 e. The van der Waals surface area contributed by atoms with Crippen molar-refractivity contribution in [1.29, 1.82) is 0 Å². The number of carboxylic acid groups (broad SMARTS) is 1. The van der Waals surface area contributed by atoms with Crippen LogP contribution in [0.25, 0.3) is 0 Å². The van der Waals surface area contributed by atoms with Crippen molar-refractivity contribution in [2.45, 2.75) is 4.90 Å². The molecule has 0 spiro atoms. The maximum atomic E-state index is 12.3. The Labute approximate surface area is 130 Å². The zero-order valence-electron chi connectivity index (χ0n) is 10.9. The minimum atomic E-state index is -3.69. The van der Waals surface area contributed by atoms with Crippen molar-refractivity contribution < 1.29 is 23.1 Å². The van der Waals surface area contributed by atoms with E-state index in [0.717, 1.165) is 6.07 Å². The van der Waals surface area contributed by atoms with E-state index in [-0.39, 0.29) is 28.8 Å². The van der Waals surface area contributed by atoms with Crippen molar-refractivity contribution in [2.75, 3.05) is 25.4 Å². The number of amides is 2.